The first-order chi connectivity index (χ1) is 12.5. The zero-order chi connectivity index (χ0) is 18.3. The van der Waals surface area contributed by atoms with Crippen molar-refractivity contribution in [1.82, 2.24) is 14.6 Å². The topological polar surface area (TPSA) is 89.5 Å². The summed E-state index contributed by atoms with van der Waals surface area (Å²) in [6, 6.07) is 5.39. The van der Waals surface area contributed by atoms with E-state index >= 15 is 0 Å². The second-order valence-electron chi connectivity index (χ2n) is 5.85. The highest BCUT2D eigenvalue weighted by Crippen LogP contribution is 2.16. The molecule has 4 rings (SSSR count). The van der Waals surface area contributed by atoms with Crippen LogP contribution >= 0.6 is 11.3 Å². The average molecular weight is 366 g/mol. The van der Waals surface area contributed by atoms with Gasteiger partial charge in [0.2, 0.25) is 4.96 Å². The maximum atomic E-state index is 12.5. The molecule has 0 unspecified atom stereocenters. The van der Waals surface area contributed by atoms with Gasteiger partial charge in [0.25, 0.3) is 11.9 Å². The summed E-state index contributed by atoms with van der Waals surface area (Å²) in [6.45, 7) is 3.81. The fourth-order valence-corrected chi connectivity index (χ4v) is 3.34. The fourth-order valence-electron chi connectivity index (χ4n) is 2.54. The van der Waals surface area contributed by atoms with Crippen LogP contribution in [0, 0.1) is 13.8 Å². The molecular formula is C18H14N4O3S. The first-order valence-corrected chi connectivity index (χ1v) is 8.71. The van der Waals surface area contributed by atoms with Crippen LogP contribution in [0.5, 0.6) is 0 Å². The van der Waals surface area contributed by atoms with Crippen LogP contribution in [0.1, 0.15) is 16.8 Å². The monoisotopic (exact) mass is 366 g/mol. The van der Waals surface area contributed by atoms with Crippen LogP contribution < -0.4 is 10.7 Å². The zero-order valence-corrected chi connectivity index (χ0v) is 14.8. The number of carbonyl (C=O) groups is 1. The van der Waals surface area contributed by atoms with E-state index in [1.807, 2.05) is 25.3 Å². The molecule has 0 saturated heterocycles. The number of aryl methyl sites for hydroxylation is 2. The van der Waals surface area contributed by atoms with E-state index in [4.69, 9.17) is 4.42 Å². The number of aromatic nitrogens is 3. The van der Waals surface area contributed by atoms with Crippen LogP contribution in [0.4, 0.5) is 5.95 Å². The van der Waals surface area contributed by atoms with Crippen molar-refractivity contribution in [3.8, 4) is 0 Å². The van der Waals surface area contributed by atoms with Crippen molar-refractivity contribution >= 4 is 45.2 Å². The van der Waals surface area contributed by atoms with Crippen LogP contribution in [-0.4, -0.2) is 20.5 Å². The number of hydrogen-bond acceptors (Lipinski definition) is 6. The van der Waals surface area contributed by atoms with Crippen molar-refractivity contribution in [1.29, 1.82) is 0 Å². The molecule has 1 amide bonds. The normalized spacial score (nSPS) is 11.6. The van der Waals surface area contributed by atoms with Crippen LogP contribution in [0.2, 0.25) is 0 Å². The number of carbonyl (C=O) groups excluding carboxylic acids is 1. The van der Waals surface area contributed by atoms with E-state index in [1.165, 1.54) is 29.8 Å². The number of nitrogens with zero attached hydrogens (tertiary/aromatic N) is 3. The zero-order valence-electron chi connectivity index (χ0n) is 14.0. The Hall–Kier alpha value is -3.26. The highest BCUT2D eigenvalue weighted by Gasteiger charge is 2.09. The molecular weight excluding hydrogens is 352 g/mol. The molecule has 0 radical (unpaired) electrons. The van der Waals surface area contributed by atoms with E-state index in [1.54, 1.807) is 16.6 Å². The fraction of sp³-hybridized carbons (Fsp3) is 0.111. The number of amides is 1. The summed E-state index contributed by atoms with van der Waals surface area (Å²) in [5.41, 5.74) is 2.53. The lowest BCUT2D eigenvalue weighted by Gasteiger charge is -2.00. The molecule has 3 aromatic heterocycles. The molecule has 0 aliphatic heterocycles. The molecule has 130 valence electrons. The Bertz CT molecular complexity index is 1230. The second kappa shape index (κ2) is 6.23. The Morgan fingerprint density at radius 2 is 2.19 bits per heavy atom. The van der Waals surface area contributed by atoms with Gasteiger partial charge >= 0.3 is 0 Å². The summed E-state index contributed by atoms with van der Waals surface area (Å²) in [6.07, 6.45) is 4.03. The molecule has 0 spiro atoms. The van der Waals surface area contributed by atoms with Gasteiger partial charge in [-0.05, 0) is 32.1 Å². The molecule has 0 bridgehead atoms. The minimum atomic E-state index is -0.426. The average Bonchev–Trinajstić information content (AvgIpc) is 3.16. The smallest absolute Gasteiger partial charge is 0.250 e. The van der Waals surface area contributed by atoms with E-state index in [0.717, 1.165) is 11.3 Å². The third kappa shape index (κ3) is 2.91. The van der Waals surface area contributed by atoms with Crippen molar-refractivity contribution in [3.63, 3.8) is 0 Å². The molecule has 3 heterocycles. The minimum Gasteiger partial charge on any atom is -0.463 e. The minimum absolute atomic E-state index is 0.185. The summed E-state index contributed by atoms with van der Waals surface area (Å²) >= 11 is 1.44. The van der Waals surface area contributed by atoms with E-state index in [-0.39, 0.29) is 11.4 Å². The standard InChI is InChI=1S/C18H14N4O3S/c1-10-3-5-14-13(7-10)16(24)12(8-25-14)4-6-15(23)19-17-20-18-22(21-17)11(2)9-26-18/h3-9H,1-2H3,(H,19,21,23)/b6-4+. The van der Waals surface area contributed by atoms with Crippen LogP contribution in [0.15, 0.2) is 45.1 Å². The van der Waals surface area contributed by atoms with E-state index in [2.05, 4.69) is 15.4 Å². The summed E-state index contributed by atoms with van der Waals surface area (Å²) in [7, 11) is 0. The number of rotatable bonds is 3. The number of thiazole rings is 1. The van der Waals surface area contributed by atoms with E-state index < -0.39 is 5.91 Å². The van der Waals surface area contributed by atoms with Gasteiger partial charge in [-0.25, -0.2) is 4.52 Å². The second-order valence-corrected chi connectivity index (χ2v) is 6.69. The Balaban J connectivity index is 1.57. The van der Waals surface area contributed by atoms with Crippen molar-refractivity contribution in [2.45, 2.75) is 13.8 Å². The molecule has 0 saturated carbocycles. The van der Waals surface area contributed by atoms with Gasteiger partial charge in [0.15, 0.2) is 5.43 Å². The predicted octanol–water partition coefficient (Wildman–Crippen LogP) is 3.17. The van der Waals surface area contributed by atoms with Gasteiger partial charge in [0.1, 0.15) is 11.8 Å². The van der Waals surface area contributed by atoms with E-state index in [0.29, 0.717) is 21.5 Å². The Kier molecular flexibility index (Phi) is 3.89. The summed E-state index contributed by atoms with van der Waals surface area (Å²) in [5.74, 6) is -0.208. The van der Waals surface area contributed by atoms with Gasteiger partial charge in [-0.2, -0.15) is 4.98 Å². The summed E-state index contributed by atoms with van der Waals surface area (Å²) in [4.78, 5) is 29.5. The third-order valence-electron chi connectivity index (χ3n) is 3.85. The third-order valence-corrected chi connectivity index (χ3v) is 4.78. The Morgan fingerprint density at radius 1 is 1.35 bits per heavy atom. The highest BCUT2D eigenvalue weighted by atomic mass is 32.1. The van der Waals surface area contributed by atoms with Crippen molar-refractivity contribution in [2.24, 2.45) is 0 Å². The number of hydrogen-bond donors (Lipinski definition) is 1. The number of fused-ring (bicyclic) bond motifs is 2. The molecule has 7 nitrogen and oxygen atoms in total. The summed E-state index contributed by atoms with van der Waals surface area (Å²) in [5, 5.41) is 9.21. The molecule has 8 heteroatoms. The molecule has 1 aromatic carbocycles. The number of nitrogens with one attached hydrogen (secondary N) is 1. The molecule has 1 N–H and O–H groups in total. The van der Waals surface area contributed by atoms with Crippen molar-refractivity contribution < 1.29 is 9.21 Å². The quantitative estimate of drug-likeness (QED) is 0.563. The Morgan fingerprint density at radius 3 is 3.00 bits per heavy atom. The van der Waals surface area contributed by atoms with Gasteiger partial charge in [0.05, 0.1) is 16.6 Å². The first-order valence-electron chi connectivity index (χ1n) is 7.83. The lowest BCUT2D eigenvalue weighted by molar-refractivity contribution is -0.111. The van der Waals surface area contributed by atoms with Gasteiger partial charge in [0, 0.05) is 11.5 Å². The van der Waals surface area contributed by atoms with Crippen molar-refractivity contribution in [2.75, 3.05) is 5.32 Å². The van der Waals surface area contributed by atoms with Gasteiger partial charge < -0.3 is 4.42 Å². The van der Waals surface area contributed by atoms with E-state index in [9.17, 15) is 9.59 Å². The largest absolute Gasteiger partial charge is 0.463 e. The summed E-state index contributed by atoms with van der Waals surface area (Å²) < 4.78 is 7.12. The lowest BCUT2D eigenvalue weighted by Crippen LogP contribution is -2.10. The molecule has 0 atom stereocenters. The van der Waals surface area contributed by atoms with Crippen LogP contribution in [0.25, 0.3) is 22.0 Å². The maximum Gasteiger partial charge on any atom is 0.250 e. The van der Waals surface area contributed by atoms with Gasteiger partial charge in [-0.1, -0.05) is 11.6 Å². The Labute approximate surface area is 151 Å². The van der Waals surface area contributed by atoms with Crippen LogP contribution in [0.3, 0.4) is 0 Å². The number of benzene rings is 1. The molecule has 0 aliphatic carbocycles. The number of anilines is 1. The SMILES string of the molecule is Cc1ccc2occ(/C=C/C(=O)Nc3nc4scc(C)n4n3)c(=O)c2c1. The molecule has 0 aliphatic rings. The van der Waals surface area contributed by atoms with Crippen molar-refractivity contribution in [3.05, 3.63) is 63.0 Å². The maximum absolute atomic E-state index is 12.5. The molecule has 26 heavy (non-hydrogen) atoms. The van der Waals surface area contributed by atoms with Crippen LogP contribution in [-0.2, 0) is 4.79 Å². The predicted molar refractivity (Wildman–Crippen MR) is 100 cm³/mol. The molecule has 4 aromatic rings. The highest BCUT2D eigenvalue weighted by molar-refractivity contribution is 7.15. The first kappa shape index (κ1) is 16.2. The molecule has 0 fully saturated rings. The van der Waals surface area contributed by atoms with Gasteiger partial charge in [-0.3, -0.25) is 14.9 Å². The van der Waals surface area contributed by atoms with Gasteiger partial charge in [-0.15, -0.1) is 16.4 Å². The lowest BCUT2D eigenvalue weighted by atomic mass is 10.1.